The second-order valence-electron chi connectivity index (χ2n) is 8.64. The molecule has 0 unspecified atom stereocenters. The van der Waals surface area contributed by atoms with Crippen molar-refractivity contribution in [2.75, 3.05) is 26.7 Å². The molecule has 2 aliphatic heterocycles. The highest BCUT2D eigenvalue weighted by atomic mass is 35.5. The van der Waals surface area contributed by atoms with Gasteiger partial charge in [-0.05, 0) is 59.9 Å². The molecule has 0 aliphatic carbocycles. The fraction of sp³-hybridized carbons (Fsp3) is 0.346. The van der Waals surface area contributed by atoms with E-state index >= 15 is 0 Å². The summed E-state index contributed by atoms with van der Waals surface area (Å²) in [5.41, 5.74) is 1.57. The largest absolute Gasteiger partial charge is 0.493 e. The fourth-order valence-corrected chi connectivity index (χ4v) is 5.09. The van der Waals surface area contributed by atoms with E-state index in [1.54, 1.807) is 23.1 Å². The van der Waals surface area contributed by atoms with Crippen molar-refractivity contribution in [2.24, 2.45) is 5.92 Å². The van der Waals surface area contributed by atoms with Crippen LogP contribution >= 0.6 is 23.4 Å². The van der Waals surface area contributed by atoms with Gasteiger partial charge in [0.05, 0.1) is 17.0 Å². The number of thioether (sulfide) groups is 1. The maximum Gasteiger partial charge on any atom is 0.294 e. The Morgan fingerprint density at radius 3 is 2.57 bits per heavy atom. The summed E-state index contributed by atoms with van der Waals surface area (Å²) in [5, 5.41) is -0.138. The monoisotopic (exact) mass is 514 g/mol. The first-order valence-electron chi connectivity index (χ1n) is 11.4. The first kappa shape index (κ1) is 25.1. The summed E-state index contributed by atoms with van der Waals surface area (Å²) >= 11 is 7.28. The normalized spacial score (nSPS) is 17.9. The lowest BCUT2D eigenvalue weighted by molar-refractivity contribution is -0.136. The van der Waals surface area contributed by atoms with Crippen LogP contribution in [0.5, 0.6) is 11.5 Å². The van der Waals surface area contributed by atoms with Crippen molar-refractivity contribution in [1.29, 1.82) is 0 Å². The third-order valence-corrected chi connectivity index (χ3v) is 7.27. The van der Waals surface area contributed by atoms with Crippen LogP contribution in [0.25, 0.3) is 6.08 Å². The summed E-state index contributed by atoms with van der Waals surface area (Å²) in [6.45, 7) is 3.55. The number of piperidine rings is 1. The predicted octanol–water partition coefficient (Wildman–Crippen LogP) is 5.22. The number of carbonyl (C=O) groups excluding carboxylic acids is 3. The summed E-state index contributed by atoms with van der Waals surface area (Å²) < 4.78 is 11.3. The van der Waals surface area contributed by atoms with Crippen LogP contribution in [-0.4, -0.2) is 53.6 Å². The Bertz CT molecular complexity index is 1150. The molecule has 2 aromatic carbocycles. The molecule has 0 bridgehead atoms. The first-order valence-corrected chi connectivity index (χ1v) is 12.6. The molecule has 0 aromatic heterocycles. The quantitative estimate of drug-likeness (QED) is 0.471. The smallest absolute Gasteiger partial charge is 0.294 e. The highest BCUT2D eigenvalue weighted by molar-refractivity contribution is 8.18. The number of rotatable bonds is 7. The molecular formula is C26H27ClN2O5S. The maximum atomic E-state index is 12.9. The van der Waals surface area contributed by atoms with Crippen LogP contribution in [0.1, 0.15) is 30.9 Å². The SMILES string of the molecule is COc1cc(/C=C2\SC(=O)N(CC(=O)N3CCC(C)CC3)C2=O)cc(Cl)c1OCc1ccccc1. The van der Waals surface area contributed by atoms with Crippen molar-refractivity contribution in [2.45, 2.75) is 26.4 Å². The highest BCUT2D eigenvalue weighted by Gasteiger charge is 2.37. The number of hydrogen-bond acceptors (Lipinski definition) is 6. The molecule has 35 heavy (non-hydrogen) atoms. The molecule has 2 aliphatic rings. The van der Waals surface area contributed by atoms with Gasteiger partial charge in [0.1, 0.15) is 13.2 Å². The van der Waals surface area contributed by atoms with E-state index in [0.29, 0.717) is 47.7 Å². The number of nitrogens with zero attached hydrogens (tertiary/aromatic N) is 2. The van der Waals surface area contributed by atoms with Gasteiger partial charge in [0.15, 0.2) is 11.5 Å². The third-order valence-electron chi connectivity index (χ3n) is 6.08. The molecule has 3 amide bonds. The van der Waals surface area contributed by atoms with Crippen molar-refractivity contribution in [3.05, 3.63) is 63.5 Å². The molecule has 2 fully saturated rings. The highest BCUT2D eigenvalue weighted by Crippen LogP contribution is 2.39. The summed E-state index contributed by atoms with van der Waals surface area (Å²) in [5.74, 6) is 0.694. The Balaban J connectivity index is 1.46. The van der Waals surface area contributed by atoms with Crippen LogP contribution in [0.4, 0.5) is 4.79 Å². The van der Waals surface area contributed by atoms with E-state index in [-0.39, 0.29) is 17.4 Å². The Hall–Kier alpha value is -2.97. The van der Waals surface area contributed by atoms with E-state index in [2.05, 4.69) is 6.92 Å². The minimum Gasteiger partial charge on any atom is -0.493 e. The molecule has 0 atom stereocenters. The number of hydrogen-bond donors (Lipinski definition) is 0. The molecule has 184 valence electrons. The van der Waals surface area contributed by atoms with Crippen molar-refractivity contribution in [3.8, 4) is 11.5 Å². The zero-order chi connectivity index (χ0) is 24.9. The topological polar surface area (TPSA) is 76.2 Å². The van der Waals surface area contributed by atoms with Gasteiger partial charge in [-0.25, -0.2) is 0 Å². The third kappa shape index (κ3) is 6.00. The van der Waals surface area contributed by atoms with Crippen LogP contribution in [0, 0.1) is 5.92 Å². The van der Waals surface area contributed by atoms with Crippen molar-refractivity contribution in [1.82, 2.24) is 9.80 Å². The summed E-state index contributed by atoms with van der Waals surface area (Å²) in [6, 6.07) is 13.0. The van der Waals surface area contributed by atoms with Crippen LogP contribution in [0.2, 0.25) is 5.02 Å². The summed E-state index contributed by atoms with van der Waals surface area (Å²) in [6.07, 6.45) is 3.44. The van der Waals surface area contributed by atoms with E-state index in [9.17, 15) is 14.4 Å². The summed E-state index contributed by atoms with van der Waals surface area (Å²) in [7, 11) is 1.51. The number of halogens is 1. The maximum absolute atomic E-state index is 12.9. The minimum atomic E-state index is -0.488. The molecule has 2 heterocycles. The molecule has 9 heteroatoms. The second-order valence-corrected chi connectivity index (χ2v) is 10.0. The molecular weight excluding hydrogens is 488 g/mol. The van der Waals surface area contributed by atoms with Gasteiger partial charge < -0.3 is 14.4 Å². The molecule has 2 saturated heterocycles. The standard InChI is InChI=1S/C26H27ClN2O5S/c1-17-8-10-28(11-9-17)23(30)15-29-25(31)22(35-26(29)32)14-19-12-20(27)24(21(13-19)33-2)34-16-18-6-4-3-5-7-18/h3-7,12-14,17H,8-11,15-16H2,1-2H3/b22-14-. The van der Waals surface area contributed by atoms with Gasteiger partial charge in [-0.2, -0.15) is 0 Å². The van der Waals surface area contributed by atoms with E-state index in [0.717, 1.165) is 35.1 Å². The lowest BCUT2D eigenvalue weighted by Gasteiger charge is -2.31. The van der Waals surface area contributed by atoms with Gasteiger partial charge in [-0.1, -0.05) is 48.9 Å². The van der Waals surface area contributed by atoms with E-state index in [1.165, 1.54) is 7.11 Å². The molecule has 2 aromatic rings. The van der Waals surface area contributed by atoms with Crippen molar-refractivity contribution < 1.29 is 23.9 Å². The number of imide groups is 1. The fourth-order valence-electron chi connectivity index (χ4n) is 3.97. The van der Waals surface area contributed by atoms with Gasteiger partial charge in [-0.3, -0.25) is 19.3 Å². The molecule has 0 spiro atoms. The Kier molecular flexibility index (Phi) is 8.03. The molecule has 4 rings (SSSR count). The Labute approximate surface area is 214 Å². The van der Waals surface area contributed by atoms with Gasteiger partial charge in [-0.15, -0.1) is 0 Å². The van der Waals surface area contributed by atoms with Crippen LogP contribution in [0.3, 0.4) is 0 Å². The molecule has 0 N–H and O–H groups in total. The van der Waals surface area contributed by atoms with Crippen LogP contribution in [-0.2, 0) is 16.2 Å². The number of benzene rings is 2. The van der Waals surface area contributed by atoms with Gasteiger partial charge in [0.2, 0.25) is 5.91 Å². The average molecular weight is 515 g/mol. The van der Waals surface area contributed by atoms with E-state index in [1.807, 2.05) is 30.3 Å². The Morgan fingerprint density at radius 1 is 1.17 bits per heavy atom. The second kappa shape index (κ2) is 11.2. The van der Waals surface area contributed by atoms with Gasteiger partial charge in [0, 0.05) is 13.1 Å². The molecule has 0 saturated carbocycles. The van der Waals surface area contributed by atoms with Gasteiger partial charge >= 0.3 is 0 Å². The van der Waals surface area contributed by atoms with Crippen molar-refractivity contribution in [3.63, 3.8) is 0 Å². The lowest BCUT2D eigenvalue weighted by Crippen LogP contribution is -2.45. The predicted molar refractivity (Wildman–Crippen MR) is 136 cm³/mol. The lowest BCUT2D eigenvalue weighted by atomic mass is 9.99. The first-order chi connectivity index (χ1) is 16.9. The molecule has 0 radical (unpaired) electrons. The number of likely N-dealkylation sites (tertiary alicyclic amines) is 1. The van der Waals surface area contributed by atoms with Crippen LogP contribution in [0.15, 0.2) is 47.4 Å². The van der Waals surface area contributed by atoms with Crippen LogP contribution < -0.4 is 9.47 Å². The van der Waals surface area contributed by atoms with E-state index < -0.39 is 11.1 Å². The number of ether oxygens (including phenoxy) is 2. The minimum absolute atomic E-state index is 0.204. The number of methoxy groups -OCH3 is 1. The Morgan fingerprint density at radius 2 is 1.89 bits per heavy atom. The van der Waals surface area contributed by atoms with Gasteiger partial charge in [0.25, 0.3) is 11.1 Å². The average Bonchev–Trinajstić information content (AvgIpc) is 3.11. The van der Waals surface area contributed by atoms with E-state index in [4.69, 9.17) is 21.1 Å². The number of carbonyl (C=O) groups is 3. The molecule has 7 nitrogen and oxygen atoms in total. The van der Waals surface area contributed by atoms with Crippen molar-refractivity contribution >= 4 is 46.5 Å². The zero-order valence-corrected chi connectivity index (χ0v) is 21.2. The zero-order valence-electron chi connectivity index (χ0n) is 19.7. The summed E-state index contributed by atoms with van der Waals surface area (Å²) in [4.78, 5) is 41.0. The number of amides is 3.